The zero-order valence-corrected chi connectivity index (χ0v) is 15.0. The van der Waals surface area contributed by atoms with Gasteiger partial charge >= 0.3 is 0 Å². The van der Waals surface area contributed by atoms with Gasteiger partial charge in [0.15, 0.2) is 11.6 Å². The van der Waals surface area contributed by atoms with E-state index in [0.717, 1.165) is 6.07 Å². The largest absolute Gasteiger partial charge is 0.411 e. The molecule has 5 nitrogen and oxygen atoms in total. The van der Waals surface area contributed by atoms with Gasteiger partial charge in [0.1, 0.15) is 17.2 Å². The first-order valence-electron chi connectivity index (χ1n) is 8.11. The van der Waals surface area contributed by atoms with Gasteiger partial charge in [0.25, 0.3) is 0 Å². The maximum absolute atomic E-state index is 14.2. The van der Waals surface area contributed by atoms with Crippen LogP contribution in [0.2, 0.25) is 5.02 Å². The molecule has 27 heavy (non-hydrogen) atoms. The molecule has 1 heterocycles. The fraction of sp³-hybridized carbons (Fsp3) is 0.222. The molecular weight excluding hydrogens is 381 g/mol. The average Bonchev–Trinajstić information content (AvgIpc) is 3.08. The molecule has 9 heteroatoms. The van der Waals surface area contributed by atoms with Crippen molar-refractivity contribution in [2.45, 2.75) is 12.8 Å². The van der Waals surface area contributed by atoms with E-state index >= 15 is 0 Å². The Balaban J connectivity index is 2.05. The molecule has 0 fully saturated rings. The van der Waals surface area contributed by atoms with Crippen molar-refractivity contribution in [2.75, 3.05) is 13.6 Å². The van der Waals surface area contributed by atoms with Gasteiger partial charge in [-0.25, -0.2) is 18.2 Å². The Hall–Kier alpha value is -2.58. The number of hydrogen-bond donors (Lipinski definition) is 3. The van der Waals surface area contributed by atoms with Gasteiger partial charge in [-0.2, -0.15) is 0 Å². The van der Waals surface area contributed by atoms with E-state index in [1.807, 2.05) is 0 Å². The Morgan fingerprint density at radius 2 is 2.04 bits per heavy atom. The number of nitrogens with zero attached hydrogens (tertiary/aromatic N) is 2. The van der Waals surface area contributed by atoms with Crippen LogP contribution in [0.4, 0.5) is 13.2 Å². The number of oxime groups is 1. The van der Waals surface area contributed by atoms with E-state index in [2.05, 4.69) is 20.4 Å². The lowest BCUT2D eigenvalue weighted by Gasteiger charge is -2.08. The van der Waals surface area contributed by atoms with Crippen molar-refractivity contribution >= 4 is 28.3 Å². The summed E-state index contributed by atoms with van der Waals surface area (Å²) in [6.07, 6.45) is 0.506. The molecule has 0 saturated carbocycles. The van der Waals surface area contributed by atoms with Crippen molar-refractivity contribution in [1.29, 1.82) is 0 Å². The summed E-state index contributed by atoms with van der Waals surface area (Å²) >= 11 is 5.77. The molecule has 0 spiro atoms. The first-order chi connectivity index (χ1) is 12.9. The van der Waals surface area contributed by atoms with E-state index < -0.39 is 17.5 Å². The number of aromatic nitrogens is 2. The smallest absolute Gasteiger partial charge is 0.186 e. The van der Waals surface area contributed by atoms with Crippen LogP contribution < -0.4 is 5.32 Å². The molecule has 0 amide bonds. The summed E-state index contributed by atoms with van der Waals surface area (Å²) in [5.41, 5.74) is 0.817. The highest BCUT2D eigenvalue weighted by atomic mass is 35.5. The van der Waals surface area contributed by atoms with Crippen molar-refractivity contribution in [3.8, 4) is 0 Å². The topological polar surface area (TPSA) is 73.3 Å². The predicted octanol–water partition coefficient (Wildman–Crippen LogP) is 3.82. The summed E-state index contributed by atoms with van der Waals surface area (Å²) in [6.45, 7) is 0.592. The fourth-order valence-electron chi connectivity index (χ4n) is 2.77. The number of imidazole rings is 1. The second kappa shape index (κ2) is 7.98. The number of likely N-dealkylation sites (N-methyl/N-ethyl adjacent to an activating group) is 1. The zero-order chi connectivity index (χ0) is 19.6. The maximum Gasteiger partial charge on any atom is 0.186 e. The molecule has 3 N–H and O–H groups in total. The van der Waals surface area contributed by atoms with E-state index in [4.69, 9.17) is 11.6 Å². The van der Waals surface area contributed by atoms with Gasteiger partial charge in [-0.1, -0.05) is 22.8 Å². The second-order valence-corrected chi connectivity index (χ2v) is 6.36. The Kier molecular flexibility index (Phi) is 5.67. The monoisotopic (exact) mass is 396 g/mol. The highest BCUT2D eigenvalue weighted by Crippen LogP contribution is 2.25. The molecule has 3 rings (SSSR count). The SMILES string of the molecule is CNCCc1nc2c(F)c(F)cc(/C(Cc3ccc(F)c(Cl)c3)=N/O)c2[nH]1. The van der Waals surface area contributed by atoms with Gasteiger partial charge in [0.2, 0.25) is 0 Å². The number of rotatable bonds is 6. The zero-order valence-electron chi connectivity index (χ0n) is 14.3. The fourth-order valence-corrected chi connectivity index (χ4v) is 2.97. The number of fused-ring (bicyclic) bond motifs is 1. The molecule has 0 unspecified atom stereocenters. The van der Waals surface area contributed by atoms with Crippen LogP contribution in [0, 0.1) is 17.5 Å². The second-order valence-electron chi connectivity index (χ2n) is 5.95. The Morgan fingerprint density at radius 1 is 1.26 bits per heavy atom. The summed E-state index contributed by atoms with van der Waals surface area (Å²) in [5.74, 6) is -2.31. The Morgan fingerprint density at radius 3 is 2.70 bits per heavy atom. The van der Waals surface area contributed by atoms with Gasteiger partial charge in [-0.15, -0.1) is 0 Å². The number of hydrogen-bond acceptors (Lipinski definition) is 4. The van der Waals surface area contributed by atoms with E-state index in [-0.39, 0.29) is 33.8 Å². The lowest BCUT2D eigenvalue weighted by molar-refractivity contribution is 0.318. The van der Waals surface area contributed by atoms with Crippen LogP contribution >= 0.6 is 11.6 Å². The van der Waals surface area contributed by atoms with Crippen molar-refractivity contribution in [3.63, 3.8) is 0 Å². The number of halogens is 4. The third-order valence-electron chi connectivity index (χ3n) is 4.11. The molecule has 2 aromatic carbocycles. The molecule has 0 bridgehead atoms. The third kappa shape index (κ3) is 3.91. The molecule has 0 saturated heterocycles. The minimum absolute atomic E-state index is 0.0293. The Bertz CT molecular complexity index is 1020. The molecule has 0 aliphatic carbocycles. The number of benzene rings is 2. The first-order valence-corrected chi connectivity index (χ1v) is 8.48. The minimum atomic E-state index is -1.11. The lowest BCUT2D eigenvalue weighted by Crippen LogP contribution is -2.11. The maximum atomic E-state index is 14.2. The molecule has 1 aromatic heterocycles. The molecular formula is C18H16ClF3N4O. The van der Waals surface area contributed by atoms with Crippen LogP contribution in [0.1, 0.15) is 17.0 Å². The average molecular weight is 397 g/mol. The van der Waals surface area contributed by atoms with Gasteiger partial charge < -0.3 is 15.5 Å². The third-order valence-corrected chi connectivity index (χ3v) is 4.40. The Labute approximate surface area is 157 Å². The van der Waals surface area contributed by atoms with Crippen molar-refractivity contribution in [2.24, 2.45) is 5.16 Å². The first kappa shape index (κ1) is 19.2. The van der Waals surface area contributed by atoms with Crippen molar-refractivity contribution < 1.29 is 18.4 Å². The highest BCUT2D eigenvalue weighted by molar-refractivity contribution is 6.30. The molecule has 142 valence electrons. The quantitative estimate of drug-likeness (QED) is 0.337. The van der Waals surface area contributed by atoms with Gasteiger partial charge in [0.05, 0.1) is 16.3 Å². The number of H-pyrrole nitrogens is 1. The van der Waals surface area contributed by atoms with Crippen LogP contribution in [-0.4, -0.2) is 34.5 Å². The van der Waals surface area contributed by atoms with E-state index in [9.17, 15) is 18.4 Å². The standard InChI is InChI=1S/C18H16ClF3N4O/c1-23-5-4-15-24-17-10(8-13(21)16(22)18(17)25-15)14(26-27)7-9-2-3-12(20)11(19)6-9/h2-3,6,8,23,27H,4-5,7H2,1H3,(H,24,25)/b26-14+. The summed E-state index contributed by atoms with van der Waals surface area (Å²) in [5, 5.41) is 15.5. The predicted molar refractivity (Wildman–Crippen MR) is 97.1 cm³/mol. The van der Waals surface area contributed by atoms with Crippen LogP contribution in [-0.2, 0) is 12.8 Å². The van der Waals surface area contributed by atoms with Gasteiger partial charge in [-0.3, -0.25) is 0 Å². The molecule has 0 aliphatic heterocycles. The van der Waals surface area contributed by atoms with E-state index in [1.165, 1.54) is 18.2 Å². The van der Waals surface area contributed by atoms with Gasteiger partial charge in [0, 0.05) is 24.9 Å². The van der Waals surface area contributed by atoms with Gasteiger partial charge in [-0.05, 0) is 30.8 Å². The van der Waals surface area contributed by atoms with Crippen molar-refractivity contribution in [3.05, 3.63) is 63.7 Å². The van der Waals surface area contributed by atoms with Crippen LogP contribution in [0.25, 0.3) is 11.0 Å². The summed E-state index contributed by atoms with van der Waals surface area (Å²) in [7, 11) is 1.76. The number of nitrogens with one attached hydrogen (secondary N) is 2. The molecule has 0 atom stereocenters. The normalized spacial score (nSPS) is 12.1. The summed E-state index contributed by atoms with van der Waals surface area (Å²) < 4.78 is 41.6. The molecule has 0 radical (unpaired) electrons. The van der Waals surface area contributed by atoms with E-state index in [0.29, 0.717) is 24.4 Å². The van der Waals surface area contributed by atoms with Crippen LogP contribution in [0.5, 0.6) is 0 Å². The van der Waals surface area contributed by atoms with E-state index in [1.54, 1.807) is 7.05 Å². The van der Waals surface area contributed by atoms with Crippen LogP contribution in [0.15, 0.2) is 29.4 Å². The van der Waals surface area contributed by atoms with Crippen molar-refractivity contribution in [1.82, 2.24) is 15.3 Å². The molecule has 3 aromatic rings. The summed E-state index contributed by atoms with van der Waals surface area (Å²) in [4.78, 5) is 7.06. The van der Waals surface area contributed by atoms with Crippen LogP contribution in [0.3, 0.4) is 0 Å². The number of aromatic amines is 1. The lowest BCUT2D eigenvalue weighted by atomic mass is 10.0. The summed E-state index contributed by atoms with van der Waals surface area (Å²) in [6, 6.07) is 4.97. The molecule has 0 aliphatic rings. The highest BCUT2D eigenvalue weighted by Gasteiger charge is 2.20. The minimum Gasteiger partial charge on any atom is -0.411 e.